The number of carbonyl (C=O) groups excluding carboxylic acids is 2. The monoisotopic (exact) mass is 453 g/mol. The SMILES string of the molecule is O=C(COC(=O)c1ccc(S(=O)(=O)c2ccccc2)cc1)Nc1ccc2c(c1)OCCO2. The van der Waals surface area contributed by atoms with Crippen molar-refractivity contribution in [3.8, 4) is 11.5 Å². The van der Waals surface area contributed by atoms with E-state index in [-0.39, 0.29) is 15.4 Å². The summed E-state index contributed by atoms with van der Waals surface area (Å²) < 4.78 is 41.1. The highest BCUT2D eigenvalue weighted by Crippen LogP contribution is 2.32. The summed E-state index contributed by atoms with van der Waals surface area (Å²) in [5, 5.41) is 2.62. The fourth-order valence-electron chi connectivity index (χ4n) is 3.04. The molecule has 0 saturated heterocycles. The van der Waals surface area contributed by atoms with Gasteiger partial charge in [-0.2, -0.15) is 0 Å². The average Bonchev–Trinajstić information content (AvgIpc) is 2.83. The van der Waals surface area contributed by atoms with E-state index in [2.05, 4.69) is 5.32 Å². The maximum atomic E-state index is 12.6. The van der Waals surface area contributed by atoms with Gasteiger partial charge in [-0.15, -0.1) is 0 Å². The molecule has 0 fully saturated rings. The first kappa shape index (κ1) is 21.4. The molecule has 3 aromatic rings. The minimum absolute atomic E-state index is 0.0524. The number of nitrogens with one attached hydrogen (secondary N) is 1. The summed E-state index contributed by atoms with van der Waals surface area (Å²) >= 11 is 0. The fourth-order valence-corrected chi connectivity index (χ4v) is 4.32. The van der Waals surface area contributed by atoms with E-state index in [0.717, 1.165) is 0 Å². The van der Waals surface area contributed by atoms with Crippen molar-refractivity contribution in [1.82, 2.24) is 0 Å². The Hall–Kier alpha value is -3.85. The molecule has 0 aromatic heterocycles. The van der Waals surface area contributed by atoms with Gasteiger partial charge in [-0.3, -0.25) is 4.79 Å². The predicted molar refractivity (Wildman–Crippen MR) is 115 cm³/mol. The van der Waals surface area contributed by atoms with E-state index in [1.165, 1.54) is 36.4 Å². The number of fused-ring (bicyclic) bond motifs is 1. The van der Waals surface area contributed by atoms with Gasteiger partial charge in [0.15, 0.2) is 18.1 Å². The highest BCUT2D eigenvalue weighted by Gasteiger charge is 2.19. The lowest BCUT2D eigenvalue weighted by molar-refractivity contribution is -0.119. The van der Waals surface area contributed by atoms with Gasteiger partial charge in [-0.05, 0) is 48.5 Å². The van der Waals surface area contributed by atoms with E-state index in [1.54, 1.807) is 36.4 Å². The molecule has 3 aromatic carbocycles. The Bertz CT molecular complexity index is 1240. The Morgan fingerprint density at radius 1 is 0.844 bits per heavy atom. The number of hydrogen-bond donors (Lipinski definition) is 1. The molecule has 1 N–H and O–H groups in total. The Morgan fingerprint density at radius 3 is 2.22 bits per heavy atom. The van der Waals surface area contributed by atoms with E-state index >= 15 is 0 Å². The van der Waals surface area contributed by atoms with Crippen LogP contribution in [0.15, 0.2) is 82.6 Å². The minimum atomic E-state index is -3.68. The first-order valence-corrected chi connectivity index (χ1v) is 11.2. The van der Waals surface area contributed by atoms with Crippen LogP contribution < -0.4 is 14.8 Å². The van der Waals surface area contributed by atoms with Crippen molar-refractivity contribution in [2.45, 2.75) is 9.79 Å². The lowest BCUT2D eigenvalue weighted by Gasteiger charge is -2.19. The molecule has 32 heavy (non-hydrogen) atoms. The molecule has 9 heteroatoms. The highest BCUT2D eigenvalue weighted by molar-refractivity contribution is 7.91. The third-order valence-electron chi connectivity index (χ3n) is 4.61. The van der Waals surface area contributed by atoms with Crippen molar-refractivity contribution in [3.63, 3.8) is 0 Å². The van der Waals surface area contributed by atoms with Crippen molar-refractivity contribution in [1.29, 1.82) is 0 Å². The van der Waals surface area contributed by atoms with Crippen LogP contribution in [0.25, 0.3) is 0 Å². The summed E-state index contributed by atoms with van der Waals surface area (Å²) in [7, 11) is -3.68. The minimum Gasteiger partial charge on any atom is -0.486 e. The number of rotatable bonds is 6. The zero-order valence-electron chi connectivity index (χ0n) is 16.8. The molecule has 0 atom stereocenters. The van der Waals surface area contributed by atoms with Crippen LogP contribution >= 0.6 is 0 Å². The van der Waals surface area contributed by atoms with Crippen LogP contribution in [0.4, 0.5) is 5.69 Å². The van der Waals surface area contributed by atoms with Gasteiger partial charge in [-0.1, -0.05) is 18.2 Å². The van der Waals surface area contributed by atoms with Gasteiger partial charge in [0.05, 0.1) is 15.4 Å². The largest absolute Gasteiger partial charge is 0.486 e. The molecule has 4 rings (SSSR count). The summed E-state index contributed by atoms with van der Waals surface area (Å²) in [5.41, 5.74) is 0.606. The summed E-state index contributed by atoms with van der Waals surface area (Å²) in [6, 6.07) is 18.3. The summed E-state index contributed by atoms with van der Waals surface area (Å²) in [6.07, 6.45) is 0. The molecule has 8 nitrogen and oxygen atoms in total. The van der Waals surface area contributed by atoms with Gasteiger partial charge in [0.2, 0.25) is 9.84 Å². The normalized spacial score (nSPS) is 12.6. The third-order valence-corrected chi connectivity index (χ3v) is 6.40. The van der Waals surface area contributed by atoms with Crippen molar-refractivity contribution >= 4 is 27.4 Å². The molecule has 1 amide bonds. The molecule has 0 bridgehead atoms. The maximum Gasteiger partial charge on any atom is 0.338 e. The van der Waals surface area contributed by atoms with Gasteiger partial charge in [0, 0.05) is 11.8 Å². The van der Waals surface area contributed by atoms with Crippen LogP contribution in [0.5, 0.6) is 11.5 Å². The van der Waals surface area contributed by atoms with Crippen LogP contribution in [0, 0.1) is 0 Å². The maximum absolute atomic E-state index is 12.6. The molecule has 0 radical (unpaired) electrons. The number of benzene rings is 3. The summed E-state index contributed by atoms with van der Waals surface area (Å²) in [4.78, 5) is 24.6. The third kappa shape index (κ3) is 4.73. The Balaban J connectivity index is 1.34. The average molecular weight is 453 g/mol. The molecular formula is C23H19NO7S. The number of amides is 1. The van der Waals surface area contributed by atoms with Crippen LogP contribution in [0.3, 0.4) is 0 Å². The molecule has 0 spiro atoms. The Morgan fingerprint density at radius 2 is 1.50 bits per heavy atom. The molecular weight excluding hydrogens is 434 g/mol. The summed E-state index contributed by atoms with van der Waals surface area (Å²) in [5.74, 6) is -0.153. The highest BCUT2D eigenvalue weighted by atomic mass is 32.2. The molecule has 1 heterocycles. The quantitative estimate of drug-likeness (QED) is 0.572. The van der Waals surface area contributed by atoms with Crippen molar-refractivity contribution in [3.05, 3.63) is 78.4 Å². The van der Waals surface area contributed by atoms with E-state index in [4.69, 9.17) is 14.2 Å². The van der Waals surface area contributed by atoms with Crippen LogP contribution in [-0.4, -0.2) is 40.1 Å². The van der Waals surface area contributed by atoms with Crippen molar-refractivity contribution < 1.29 is 32.2 Å². The number of anilines is 1. The lowest BCUT2D eigenvalue weighted by atomic mass is 10.2. The fraction of sp³-hybridized carbons (Fsp3) is 0.130. The smallest absolute Gasteiger partial charge is 0.338 e. The second-order valence-corrected chi connectivity index (χ2v) is 8.77. The van der Waals surface area contributed by atoms with E-state index in [1.807, 2.05) is 0 Å². The second kappa shape index (κ2) is 9.11. The van der Waals surface area contributed by atoms with Crippen LogP contribution in [0.2, 0.25) is 0 Å². The number of ether oxygens (including phenoxy) is 3. The zero-order chi connectivity index (χ0) is 22.6. The Labute approximate surface area is 184 Å². The van der Waals surface area contributed by atoms with Crippen LogP contribution in [-0.2, 0) is 19.4 Å². The number of sulfone groups is 1. The molecule has 0 saturated carbocycles. The molecule has 164 valence electrons. The summed E-state index contributed by atoms with van der Waals surface area (Å²) in [6.45, 7) is 0.388. The van der Waals surface area contributed by atoms with Crippen LogP contribution in [0.1, 0.15) is 10.4 Å². The van der Waals surface area contributed by atoms with E-state index < -0.39 is 28.3 Å². The molecule has 1 aliphatic rings. The van der Waals surface area contributed by atoms with Crippen molar-refractivity contribution in [2.75, 3.05) is 25.1 Å². The topological polar surface area (TPSA) is 108 Å². The second-order valence-electron chi connectivity index (χ2n) is 6.82. The zero-order valence-corrected chi connectivity index (χ0v) is 17.6. The first-order chi connectivity index (χ1) is 15.4. The van der Waals surface area contributed by atoms with Gasteiger partial charge in [-0.25, -0.2) is 13.2 Å². The number of hydrogen-bond acceptors (Lipinski definition) is 7. The van der Waals surface area contributed by atoms with Gasteiger partial charge in [0.1, 0.15) is 13.2 Å². The van der Waals surface area contributed by atoms with Gasteiger partial charge in [0.25, 0.3) is 5.91 Å². The van der Waals surface area contributed by atoms with E-state index in [0.29, 0.717) is 30.4 Å². The van der Waals surface area contributed by atoms with Crippen molar-refractivity contribution in [2.24, 2.45) is 0 Å². The van der Waals surface area contributed by atoms with Gasteiger partial charge >= 0.3 is 5.97 Å². The number of carbonyl (C=O) groups is 2. The first-order valence-electron chi connectivity index (χ1n) is 9.70. The molecule has 1 aliphatic heterocycles. The lowest BCUT2D eigenvalue weighted by Crippen LogP contribution is -2.21. The Kier molecular flexibility index (Phi) is 6.09. The number of esters is 1. The molecule has 0 unspecified atom stereocenters. The molecule has 0 aliphatic carbocycles. The van der Waals surface area contributed by atoms with Gasteiger partial charge < -0.3 is 19.5 Å². The van der Waals surface area contributed by atoms with E-state index in [9.17, 15) is 18.0 Å². The predicted octanol–water partition coefficient (Wildman–Crippen LogP) is 3.09. The standard InChI is InChI=1S/C23H19NO7S/c25-22(24-17-8-11-20-21(14-17)30-13-12-29-20)15-31-23(26)16-6-9-19(10-7-16)32(27,28)18-4-2-1-3-5-18/h1-11,14H,12-13,15H2,(H,24,25).